The number of para-hydroxylation sites is 2. The molecule has 0 spiro atoms. The van der Waals surface area contributed by atoms with Crippen molar-refractivity contribution in [1.29, 1.82) is 0 Å². The number of phenols is 1. The van der Waals surface area contributed by atoms with Gasteiger partial charge in [0.25, 0.3) is 5.91 Å². The second-order valence-electron chi connectivity index (χ2n) is 28.6. The van der Waals surface area contributed by atoms with Crippen LogP contribution in [0.2, 0.25) is 10.0 Å². The summed E-state index contributed by atoms with van der Waals surface area (Å²) >= 11 is 31.0. The van der Waals surface area contributed by atoms with Crippen molar-refractivity contribution < 1.29 is 96.5 Å². The number of thiocarbonyl (C=S) groups is 3. The van der Waals surface area contributed by atoms with Crippen LogP contribution < -0.4 is 86.4 Å². The first kappa shape index (κ1) is 111. The molecule has 0 radical (unpaired) electrons. The molecule has 130 heavy (non-hydrogen) atoms. The molecule has 13 rings (SSSR count). The van der Waals surface area contributed by atoms with Gasteiger partial charge < -0.3 is 59.5 Å². The maximum atomic E-state index is 12.4. The average Bonchev–Trinajstić information content (AvgIpc) is 1.32. The van der Waals surface area contributed by atoms with Crippen LogP contribution in [0.3, 0.4) is 0 Å². The number of nitro benzene ring substituents is 2. The Labute approximate surface area is 814 Å². The average molecular weight is 1950 g/mol. The number of carbonyl (C=O) groups excluding carboxylic acids is 3. The van der Waals surface area contributed by atoms with Crippen molar-refractivity contribution in [3.63, 3.8) is 0 Å². The number of fused-ring (bicyclic) bond motifs is 2. The van der Waals surface area contributed by atoms with E-state index in [1.807, 2.05) is 133 Å². The molecule has 33 heteroatoms. The Kier molecular flexibility index (Phi) is 46.5. The number of amides is 1. The molecular weight excluding hydrogens is 1850 g/mol. The van der Waals surface area contributed by atoms with Gasteiger partial charge in [-0.15, -0.1) is 11.3 Å². The smallest absolute Gasteiger partial charge is 0.857 e. The molecule has 0 atom stereocenters. The quantitative estimate of drug-likeness (QED) is 0.00633. The largest absolute Gasteiger partial charge is 1.00 e. The summed E-state index contributed by atoms with van der Waals surface area (Å²) in [4.78, 5) is 87.6. The van der Waals surface area contributed by atoms with Gasteiger partial charge in [0.15, 0.2) is 39.4 Å². The SMILES string of the molecule is COc1c(C)cc(C)cc1CC(=S)CC(=O)c1ccccc1.COc1c(C)cc(C)cc1CC(N)=S.COc1c(C)cc(C)cc1N.COc1c(C)cc(C)cc1Nc1nc(-c2cc3cccc(Cl)c3oc2=O)cs1.COc1c(C)cc(C)cc1[N+](=O)[O-].C[O-].Cc1cc(C)c(O)c([N+](=O)[O-])c1.O=C(CBr)c1cc2cccc(Cl)c2oc1=O.O=C(N=C=S)c1ccccc1.[Na+]. The number of nitro groups is 2. The number of halogens is 3. The van der Waals surface area contributed by atoms with Gasteiger partial charge in [-0.2, -0.15) is 12.1 Å². The number of benzene rings is 10. The molecule has 0 aliphatic rings. The number of isothiocyanates is 1. The zero-order valence-electron chi connectivity index (χ0n) is 75.3. The first-order chi connectivity index (χ1) is 61.2. The van der Waals surface area contributed by atoms with E-state index in [0.29, 0.717) is 88.9 Å². The number of aryl methyl sites for hydroxylation is 12. The van der Waals surface area contributed by atoms with E-state index >= 15 is 0 Å². The van der Waals surface area contributed by atoms with E-state index in [-0.39, 0.29) is 81.5 Å². The number of phenolic OH excluding ortho intramolecular Hbond substituents is 1. The Hall–Kier alpha value is -11.7. The summed E-state index contributed by atoms with van der Waals surface area (Å²) in [6.45, 7) is 23.2. The van der Waals surface area contributed by atoms with Crippen LogP contribution in [0.4, 0.5) is 27.9 Å². The molecule has 676 valence electrons. The van der Waals surface area contributed by atoms with E-state index in [1.165, 1.54) is 53.3 Å². The third kappa shape index (κ3) is 33.0. The Morgan fingerprint density at radius 2 is 0.969 bits per heavy atom. The number of hydrogen-bond acceptors (Lipinski definition) is 25. The van der Waals surface area contributed by atoms with E-state index in [2.05, 4.69) is 86.8 Å². The van der Waals surface area contributed by atoms with Crippen molar-refractivity contribution in [2.24, 2.45) is 10.7 Å². The maximum Gasteiger partial charge on any atom is 1.00 e. The van der Waals surface area contributed by atoms with Gasteiger partial charge in [-0.05, 0) is 205 Å². The summed E-state index contributed by atoms with van der Waals surface area (Å²) in [5, 5.41) is 48.5. The molecule has 0 fully saturated rings. The Morgan fingerprint density at radius 1 is 0.546 bits per heavy atom. The number of nitrogens with two attached hydrogens (primary N) is 2. The summed E-state index contributed by atoms with van der Waals surface area (Å²) < 4.78 is 36.8. The van der Waals surface area contributed by atoms with Crippen LogP contribution in [0.15, 0.2) is 211 Å². The number of Topliss-reactive ketones (excluding diaryl/α,β-unsaturated/α-hetero) is 2. The number of hydrogen-bond donors (Lipinski definition) is 4. The van der Waals surface area contributed by atoms with Crippen LogP contribution in [0.25, 0.3) is 33.2 Å². The van der Waals surface area contributed by atoms with Crippen LogP contribution >= 0.6 is 87.1 Å². The number of aromatic nitrogens is 1. The number of nitrogen functional groups attached to an aromatic ring is 1. The zero-order valence-corrected chi connectivity index (χ0v) is 83.7. The number of methoxy groups -OCH3 is 5. The monoisotopic (exact) mass is 1950 g/mol. The van der Waals surface area contributed by atoms with Crippen LogP contribution in [0.1, 0.15) is 115 Å². The Morgan fingerprint density at radius 3 is 1.44 bits per heavy atom. The van der Waals surface area contributed by atoms with Crippen LogP contribution in [-0.4, -0.2) is 100 Å². The number of thiazole rings is 1. The molecule has 13 aromatic rings. The molecule has 0 aliphatic carbocycles. The number of nitrogens with zero attached hydrogens (tertiary/aromatic N) is 4. The molecule has 25 nitrogen and oxygen atoms in total. The van der Waals surface area contributed by atoms with Gasteiger partial charge in [0.2, 0.25) is 0 Å². The van der Waals surface area contributed by atoms with Crippen LogP contribution in [0.5, 0.6) is 34.5 Å². The molecule has 3 heterocycles. The van der Waals surface area contributed by atoms with Gasteiger partial charge in [0.1, 0.15) is 28.6 Å². The number of carbonyl (C=O) groups is 3. The van der Waals surface area contributed by atoms with Crippen LogP contribution in [0, 0.1) is 103 Å². The zero-order chi connectivity index (χ0) is 96.2. The number of ether oxygens (including phenoxy) is 5. The van der Waals surface area contributed by atoms with Crippen molar-refractivity contribution in [3.8, 4) is 45.8 Å². The second kappa shape index (κ2) is 54.7. The summed E-state index contributed by atoms with van der Waals surface area (Å²) in [6, 6.07) is 54.4. The number of ketones is 2. The fourth-order valence-electron chi connectivity index (χ4n) is 13.2. The molecule has 0 saturated carbocycles. The third-order valence-corrected chi connectivity index (χ3v) is 20.7. The normalized spacial score (nSPS) is 9.95. The van der Waals surface area contributed by atoms with Crippen molar-refractivity contribution in [2.75, 3.05) is 59.0 Å². The second-order valence-corrected chi connectivity index (χ2v) is 32.2. The number of rotatable bonds is 20. The molecule has 0 unspecified atom stereocenters. The standard InChI is InChI=1S/C21H17ClN2O3S.C19H20O2S.C11H6BrClO3.C11H15NOS.C9H11NO3.C9H13NO.C8H9NO3.C8H5NOS.CH3O.Na/c1-11-7-12(2)18(26-3)16(8-11)23-21-24-17(10-28-21)14-9-13-5-4-6-15(22)19(13)27-20(14)25;1-13-9-14(2)19(21-3)16(10-13)11-17(22)12-18(20)15-7-5-4-6-8-15;12-5-9(14)7-4-6-2-1-3-8(13)10(6)16-11(7)15;1-7-4-8(2)11(13-3)9(5-7)6-10(12)14;1-6-4-7(2)9(13-3)8(5-6)10(11)12;1-6-4-7(2)9(11-3)8(10)5-6;1-5-3-6(2)8(10)7(4-5)9(11)12;10-8(9-6-11)7-4-2-1-3-5-7;1-2;/h4-10H,1-3H3,(H,23,24);4-10H,11-12H2,1-3H3;1-4H,5H2;4-5H,6H2,1-3H3,(H2,12,14);4-5H,1-3H3;4-5H,10H2,1-3H3;3-4,10H,1-2H3;1-5H;1H3;/q;;;;;;;;-1;+1. The van der Waals surface area contributed by atoms with E-state index in [9.17, 15) is 49.3 Å². The number of nitrogens with one attached hydrogen (secondary N) is 1. The first-order valence-electron chi connectivity index (χ1n) is 39.0. The Bertz CT molecular complexity index is 6350. The van der Waals surface area contributed by atoms with Gasteiger partial charge in [0, 0.05) is 69.1 Å². The molecule has 1 amide bonds. The van der Waals surface area contributed by atoms with Crippen molar-refractivity contribution >= 4 is 169 Å². The number of alkyl halides is 1. The molecule has 6 N–H and O–H groups in total. The molecule has 10 aromatic carbocycles. The predicted octanol–water partition coefficient (Wildman–Crippen LogP) is 19.5. The van der Waals surface area contributed by atoms with Crippen molar-refractivity contribution in [3.05, 3.63) is 333 Å². The minimum atomic E-state index is -0.662. The third-order valence-electron chi connectivity index (χ3n) is 18.3. The molecular formula is C97H99BrCl2N7NaO18S4. The Balaban J connectivity index is 0.000000317. The fraction of sp³-hybridized carbons (Fsp3) is 0.227. The van der Waals surface area contributed by atoms with Crippen molar-refractivity contribution in [1.82, 2.24) is 4.98 Å². The van der Waals surface area contributed by atoms with E-state index < -0.39 is 21.1 Å². The summed E-state index contributed by atoms with van der Waals surface area (Å²) in [7, 11) is 8.79. The number of aromatic hydroxyl groups is 1. The van der Waals surface area contributed by atoms with Gasteiger partial charge >= 0.3 is 52.2 Å². The fourth-order valence-corrected chi connectivity index (χ4v) is 15.2. The molecule has 0 saturated heterocycles. The van der Waals surface area contributed by atoms with Gasteiger partial charge in [0.05, 0.1) is 93.6 Å². The summed E-state index contributed by atoms with van der Waals surface area (Å²) in [6.07, 6.45) is 1.47. The summed E-state index contributed by atoms with van der Waals surface area (Å²) in [5.41, 5.74) is 28.4. The van der Waals surface area contributed by atoms with Crippen molar-refractivity contribution in [2.45, 2.75) is 102 Å². The van der Waals surface area contributed by atoms with E-state index in [1.54, 1.807) is 110 Å². The van der Waals surface area contributed by atoms with E-state index in [4.69, 9.17) is 96.7 Å². The van der Waals surface area contributed by atoms with Gasteiger partial charge in [-0.1, -0.05) is 196 Å². The summed E-state index contributed by atoms with van der Waals surface area (Å²) in [5.74, 6) is 2.81. The van der Waals surface area contributed by atoms with E-state index in [0.717, 1.165) is 102 Å². The topological polar surface area (TPSA) is 377 Å². The minimum absolute atomic E-state index is 0. The number of anilines is 3. The molecule has 0 bridgehead atoms. The maximum absolute atomic E-state index is 12.4. The minimum Gasteiger partial charge on any atom is -0.857 e. The van der Waals surface area contributed by atoms with Crippen LogP contribution in [-0.2, 0) is 12.8 Å². The van der Waals surface area contributed by atoms with Gasteiger partial charge in [-0.3, -0.25) is 34.6 Å². The first-order valence-corrected chi connectivity index (χ1v) is 43.0. The van der Waals surface area contributed by atoms with Gasteiger partial charge in [-0.25, -0.2) is 14.6 Å². The number of aliphatic imine (C=N–C) groups is 1. The predicted molar refractivity (Wildman–Crippen MR) is 529 cm³/mol. The molecule has 3 aromatic heterocycles. The molecule has 0 aliphatic heterocycles.